The van der Waals surface area contributed by atoms with Gasteiger partial charge in [-0.2, -0.15) is 22.0 Å². The summed E-state index contributed by atoms with van der Waals surface area (Å²) in [6, 6.07) is -2.95. The molecule has 0 radical (unpaired) electrons. The van der Waals surface area contributed by atoms with Crippen molar-refractivity contribution < 1.29 is 22.0 Å². The fraction of sp³-hybridized carbons (Fsp3) is 1.00. The van der Waals surface area contributed by atoms with E-state index in [1.807, 2.05) is 0 Å². The molecule has 0 amide bonds. The summed E-state index contributed by atoms with van der Waals surface area (Å²) in [5.74, 6) is 0. The Morgan fingerprint density at radius 1 is 0.448 bits per heavy atom. The highest BCUT2D eigenvalue weighted by molar-refractivity contribution is 6.75. The second-order valence-electron chi connectivity index (χ2n) is 9.49. The molecule has 176 valence electrons. The minimum Gasteiger partial charge on any atom is -0.290 e. The Hall–Kier alpha value is -0.253. The first-order valence-electron chi connectivity index (χ1n) is 10.6. The highest BCUT2D eigenvalue weighted by Crippen LogP contribution is 2.50. The molecule has 0 N–H and O–H groups in total. The first kappa shape index (κ1) is 28.7. The zero-order valence-corrected chi connectivity index (χ0v) is 21.2. The van der Waals surface area contributed by atoms with Crippen LogP contribution in [0.3, 0.4) is 0 Å². The van der Waals surface area contributed by atoms with Gasteiger partial charge >= 0.3 is 20.3 Å². The molecule has 0 aromatic rings. The second kappa shape index (κ2) is 9.91. The highest BCUT2D eigenvalue weighted by Gasteiger charge is 2.80. The van der Waals surface area contributed by atoms with Crippen LogP contribution in [0.5, 0.6) is 0 Å². The minimum absolute atomic E-state index is 0.491. The van der Waals surface area contributed by atoms with Crippen LogP contribution in [-0.4, -0.2) is 70.2 Å². The molecule has 0 unspecified atom stereocenters. The molecule has 0 heterocycles. The van der Waals surface area contributed by atoms with Gasteiger partial charge in [0.05, 0.1) is 0 Å². The van der Waals surface area contributed by atoms with Gasteiger partial charge in [0.2, 0.25) is 0 Å². The zero-order chi connectivity index (χ0) is 23.7. The Balaban J connectivity index is 7.80. The molecule has 0 saturated heterocycles. The van der Waals surface area contributed by atoms with Crippen molar-refractivity contribution in [1.29, 1.82) is 0 Å². The SMILES string of the molecule is CC(C)N(C(C)C)[Si](N(C(C)C)C(C)C)(N(C(C)C)C(C)C)C(F)(F)C(F)(F)F. The monoisotopic (exact) mass is 447 g/mol. The van der Waals surface area contributed by atoms with Crippen LogP contribution in [0, 0.1) is 0 Å². The van der Waals surface area contributed by atoms with Crippen molar-refractivity contribution in [2.45, 2.75) is 131 Å². The fourth-order valence-electron chi connectivity index (χ4n) is 5.03. The number of hydrogen-bond donors (Lipinski definition) is 0. The molecule has 0 spiro atoms. The second-order valence-corrected chi connectivity index (χ2v) is 12.9. The molecule has 0 rings (SSSR count). The lowest BCUT2D eigenvalue weighted by molar-refractivity contribution is -0.260. The van der Waals surface area contributed by atoms with Crippen LogP contribution in [0.15, 0.2) is 0 Å². The molecule has 0 aliphatic heterocycles. The molecule has 0 atom stereocenters. The predicted molar refractivity (Wildman–Crippen MR) is 113 cm³/mol. The minimum atomic E-state index is -5.66. The number of halogens is 5. The summed E-state index contributed by atoms with van der Waals surface area (Å²) in [4.78, 5) is 0. The van der Waals surface area contributed by atoms with Gasteiger partial charge in [-0.15, -0.1) is 0 Å². The molecule has 3 nitrogen and oxygen atoms in total. The number of rotatable bonds is 10. The smallest absolute Gasteiger partial charge is 0.290 e. The summed E-state index contributed by atoms with van der Waals surface area (Å²) in [5.41, 5.74) is -4.88. The van der Waals surface area contributed by atoms with E-state index >= 15 is 8.78 Å². The third-order valence-corrected chi connectivity index (χ3v) is 11.6. The normalized spacial score (nSPS) is 15.1. The maximum absolute atomic E-state index is 16.0. The first-order valence-corrected chi connectivity index (χ1v) is 12.4. The highest BCUT2D eigenvalue weighted by atomic mass is 28.4. The van der Waals surface area contributed by atoms with Gasteiger partial charge in [0, 0.05) is 36.3 Å². The van der Waals surface area contributed by atoms with Gasteiger partial charge in [-0.1, -0.05) is 83.1 Å². The molecule has 0 aromatic carbocycles. The summed E-state index contributed by atoms with van der Waals surface area (Å²) in [6.45, 7) is 20.6. The molecule has 0 aliphatic rings. The van der Waals surface area contributed by atoms with Crippen LogP contribution in [0.1, 0.15) is 83.1 Å². The van der Waals surface area contributed by atoms with Crippen LogP contribution in [0.4, 0.5) is 22.0 Å². The lowest BCUT2D eigenvalue weighted by Gasteiger charge is -2.62. The van der Waals surface area contributed by atoms with E-state index in [1.54, 1.807) is 83.1 Å². The van der Waals surface area contributed by atoms with Crippen LogP contribution in [0.25, 0.3) is 0 Å². The average Bonchev–Trinajstić information content (AvgIpc) is 2.42. The average molecular weight is 448 g/mol. The Kier molecular flexibility index (Phi) is 9.83. The molecule has 0 aromatic heterocycles. The predicted octanol–water partition coefficient (Wildman–Crippen LogP) is 6.02. The summed E-state index contributed by atoms with van der Waals surface area (Å²) in [7, 11) is -4.88. The van der Waals surface area contributed by atoms with Gasteiger partial charge in [-0.25, -0.2) is 0 Å². The van der Waals surface area contributed by atoms with Gasteiger partial charge < -0.3 is 0 Å². The maximum atomic E-state index is 16.0. The molecule has 0 saturated carbocycles. The Bertz CT molecular complexity index is 431. The molecule has 9 heteroatoms. The van der Waals surface area contributed by atoms with E-state index in [0.717, 1.165) is 0 Å². The third-order valence-electron chi connectivity index (χ3n) is 5.20. The summed E-state index contributed by atoms with van der Waals surface area (Å²) in [6.07, 6.45) is -5.66. The van der Waals surface area contributed by atoms with E-state index in [0.29, 0.717) is 0 Å². The van der Waals surface area contributed by atoms with Crippen molar-refractivity contribution in [3.63, 3.8) is 0 Å². The fourth-order valence-corrected chi connectivity index (χ4v) is 11.5. The van der Waals surface area contributed by atoms with Crippen molar-refractivity contribution in [2.75, 3.05) is 0 Å². The van der Waals surface area contributed by atoms with E-state index in [1.165, 1.54) is 13.7 Å². The van der Waals surface area contributed by atoms with Crippen molar-refractivity contribution >= 4 is 8.56 Å². The van der Waals surface area contributed by atoms with Gasteiger partial charge in [0.1, 0.15) is 0 Å². The van der Waals surface area contributed by atoms with Crippen molar-refractivity contribution in [2.24, 2.45) is 0 Å². The standard InChI is InChI=1S/C20H42F5N3Si/c1-13(2)26(14(3)4)29(20(24,25)19(21,22)23,27(15(5)6)16(7)8)28(17(9)10)18(11)12/h13-18H,1-12H3. The third kappa shape index (κ3) is 5.15. The van der Waals surface area contributed by atoms with E-state index in [-0.39, 0.29) is 0 Å². The summed E-state index contributed by atoms with van der Waals surface area (Å²) in [5, 5.41) is 0. The first-order chi connectivity index (χ1) is 12.8. The van der Waals surface area contributed by atoms with E-state index in [9.17, 15) is 13.2 Å². The Morgan fingerprint density at radius 2 is 0.621 bits per heavy atom. The topological polar surface area (TPSA) is 9.72 Å². The molecule has 0 aliphatic carbocycles. The number of alkyl halides is 5. The van der Waals surface area contributed by atoms with E-state index in [4.69, 9.17) is 0 Å². The quantitative estimate of drug-likeness (QED) is 0.300. The number of nitrogens with zero attached hydrogens (tertiary/aromatic N) is 3. The zero-order valence-electron chi connectivity index (χ0n) is 20.2. The molecule has 0 bridgehead atoms. The molecule has 0 fully saturated rings. The lowest BCUT2D eigenvalue weighted by Crippen LogP contribution is -2.90. The molecule has 29 heavy (non-hydrogen) atoms. The van der Waals surface area contributed by atoms with Crippen LogP contribution in [-0.2, 0) is 0 Å². The maximum Gasteiger partial charge on any atom is 0.454 e. The number of hydrogen-bond acceptors (Lipinski definition) is 3. The van der Waals surface area contributed by atoms with Gasteiger partial charge in [0.15, 0.2) is 0 Å². The summed E-state index contributed by atoms with van der Waals surface area (Å²) < 4.78 is 79.0. The largest absolute Gasteiger partial charge is 0.454 e. The van der Waals surface area contributed by atoms with Crippen molar-refractivity contribution in [3.8, 4) is 0 Å². The molecular weight excluding hydrogens is 405 g/mol. The van der Waals surface area contributed by atoms with Gasteiger partial charge in [0.25, 0.3) is 0 Å². The van der Waals surface area contributed by atoms with E-state index in [2.05, 4.69) is 0 Å². The van der Waals surface area contributed by atoms with Crippen LogP contribution >= 0.6 is 0 Å². The lowest BCUT2D eigenvalue weighted by atomic mass is 10.3. The molecular formula is C20H42F5N3Si. The van der Waals surface area contributed by atoms with E-state index < -0.39 is 56.5 Å². The van der Waals surface area contributed by atoms with Crippen molar-refractivity contribution in [3.05, 3.63) is 0 Å². The summed E-state index contributed by atoms with van der Waals surface area (Å²) >= 11 is 0. The Morgan fingerprint density at radius 3 is 0.724 bits per heavy atom. The van der Waals surface area contributed by atoms with Crippen LogP contribution < -0.4 is 0 Å². The Labute approximate surface area is 175 Å². The van der Waals surface area contributed by atoms with Crippen LogP contribution in [0.2, 0.25) is 0 Å². The van der Waals surface area contributed by atoms with Crippen molar-refractivity contribution in [1.82, 2.24) is 13.7 Å². The van der Waals surface area contributed by atoms with Gasteiger partial charge in [-0.3, -0.25) is 13.7 Å². The van der Waals surface area contributed by atoms with Gasteiger partial charge in [-0.05, 0) is 0 Å².